The fourth-order valence-corrected chi connectivity index (χ4v) is 1.76. The van der Waals surface area contributed by atoms with E-state index in [1.807, 2.05) is 42.5 Å². The van der Waals surface area contributed by atoms with Crippen LogP contribution in [0.1, 0.15) is 29.7 Å². The molecule has 1 atom stereocenters. The zero-order valence-electron chi connectivity index (χ0n) is 10.7. The summed E-state index contributed by atoms with van der Waals surface area (Å²) >= 11 is 0. The largest absolute Gasteiger partial charge is 0.489 e. The first-order valence-electron chi connectivity index (χ1n) is 6.09. The van der Waals surface area contributed by atoms with Gasteiger partial charge < -0.3 is 9.84 Å². The minimum absolute atomic E-state index is 0.359. The molecule has 3 nitrogen and oxygen atoms in total. The minimum atomic E-state index is -0.478. The summed E-state index contributed by atoms with van der Waals surface area (Å²) < 4.78 is 5.64. The molecule has 0 bridgehead atoms. The van der Waals surface area contributed by atoms with Gasteiger partial charge in [0.15, 0.2) is 0 Å². The van der Waals surface area contributed by atoms with Crippen LogP contribution in [0.5, 0.6) is 5.75 Å². The predicted octanol–water partition coefficient (Wildman–Crippen LogP) is 3.19. The topological polar surface area (TPSA) is 53.2 Å². The summed E-state index contributed by atoms with van der Waals surface area (Å²) in [5, 5.41) is 18.4. The summed E-state index contributed by atoms with van der Waals surface area (Å²) in [6, 6.07) is 16.8. The van der Waals surface area contributed by atoms with E-state index in [2.05, 4.69) is 6.07 Å². The SMILES string of the molecule is C[C@H](O)c1ccc(OCc2ccccc2C#N)cc1. The molecule has 2 aromatic carbocycles. The monoisotopic (exact) mass is 253 g/mol. The Balaban J connectivity index is 2.04. The van der Waals surface area contributed by atoms with Crippen LogP contribution in [0.15, 0.2) is 48.5 Å². The lowest BCUT2D eigenvalue weighted by Gasteiger charge is -2.09. The lowest BCUT2D eigenvalue weighted by Crippen LogP contribution is -1.98. The summed E-state index contributed by atoms with van der Waals surface area (Å²) in [6.07, 6.45) is -0.478. The van der Waals surface area contributed by atoms with Crippen molar-refractivity contribution in [2.75, 3.05) is 0 Å². The summed E-state index contributed by atoms with van der Waals surface area (Å²) in [5.74, 6) is 0.720. The molecule has 0 spiro atoms. The van der Waals surface area contributed by atoms with Crippen molar-refractivity contribution in [1.82, 2.24) is 0 Å². The van der Waals surface area contributed by atoms with Crippen molar-refractivity contribution in [2.24, 2.45) is 0 Å². The Morgan fingerprint density at radius 3 is 2.47 bits per heavy atom. The van der Waals surface area contributed by atoms with Gasteiger partial charge in [-0.1, -0.05) is 30.3 Å². The van der Waals surface area contributed by atoms with Gasteiger partial charge in [-0.25, -0.2) is 0 Å². The first-order valence-corrected chi connectivity index (χ1v) is 6.09. The molecule has 0 fully saturated rings. The highest BCUT2D eigenvalue weighted by molar-refractivity contribution is 5.37. The molecule has 0 aliphatic rings. The van der Waals surface area contributed by atoms with E-state index in [1.54, 1.807) is 13.0 Å². The second-order valence-corrected chi connectivity index (χ2v) is 4.30. The third kappa shape index (κ3) is 3.34. The van der Waals surface area contributed by atoms with Crippen LogP contribution in [0.3, 0.4) is 0 Å². The van der Waals surface area contributed by atoms with Crippen LogP contribution in [0, 0.1) is 11.3 Å². The lowest BCUT2D eigenvalue weighted by atomic mass is 10.1. The molecule has 19 heavy (non-hydrogen) atoms. The summed E-state index contributed by atoms with van der Waals surface area (Å²) in [6.45, 7) is 2.08. The quantitative estimate of drug-likeness (QED) is 0.910. The highest BCUT2D eigenvalue weighted by Gasteiger charge is 2.03. The summed E-state index contributed by atoms with van der Waals surface area (Å²) in [4.78, 5) is 0. The number of benzene rings is 2. The fraction of sp³-hybridized carbons (Fsp3) is 0.188. The van der Waals surface area contributed by atoms with Crippen molar-refractivity contribution in [3.8, 4) is 11.8 Å². The zero-order chi connectivity index (χ0) is 13.7. The summed E-state index contributed by atoms with van der Waals surface area (Å²) in [5.41, 5.74) is 2.34. The molecule has 0 unspecified atom stereocenters. The molecular formula is C16H15NO2. The Morgan fingerprint density at radius 1 is 1.16 bits per heavy atom. The van der Waals surface area contributed by atoms with Crippen molar-refractivity contribution in [3.63, 3.8) is 0 Å². The molecule has 0 aliphatic carbocycles. The normalized spacial score (nSPS) is 11.6. The molecule has 3 heteroatoms. The van der Waals surface area contributed by atoms with Gasteiger partial charge in [-0.3, -0.25) is 0 Å². The molecule has 0 amide bonds. The number of hydrogen-bond acceptors (Lipinski definition) is 3. The maximum atomic E-state index is 9.41. The fourth-order valence-electron chi connectivity index (χ4n) is 1.76. The molecule has 0 radical (unpaired) electrons. The Hall–Kier alpha value is -2.31. The van der Waals surface area contributed by atoms with E-state index >= 15 is 0 Å². The summed E-state index contributed by atoms with van der Waals surface area (Å²) in [7, 11) is 0. The van der Waals surface area contributed by atoms with E-state index < -0.39 is 6.10 Å². The van der Waals surface area contributed by atoms with Crippen LogP contribution in [0.25, 0.3) is 0 Å². The van der Waals surface area contributed by atoms with Crippen molar-refractivity contribution in [2.45, 2.75) is 19.6 Å². The average Bonchev–Trinajstić information content (AvgIpc) is 2.45. The van der Waals surface area contributed by atoms with E-state index in [0.717, 1.165) is 16.9 Å². The van der Waals surface area contributed by atoms with Crippen molar-refractivity contribution >= 4 is 0 Å². The number of ether oxygens (including phenoxy) is 1. The van der Waals surface area contributed by atoms with Gasteiger partial charge in [-0.2, -0.15) is 5.26 Å². The van der Waals surface area contributed by atoms with Crippen molar-refractivity contribution in [1.29, 1.82) is 5.26 Å². The maximum absolute atomic E-state index is 9.41. The van der Waals surface area contributed by atoms with Crippen LogP contribution in [0.2, 0.25) is 0 Å². The Labute approximate surface area is 112 Å². The third-order valence-electron chi connectivity index (χ3n) is 2.89. The van der Waals surface area contributed by atoms with E-state index in [0.29, 0.717) is 12.2 Å². The van der Waals surface area contributed by atoms with Crippen LogP contribution in [-0.2, 0) is 6.61 Å². The van der Waals surface area contributed by atoms with Gasteiger partial charge >= 0.3 is 0 Å². The lowest BCUT2D eigenvalue weighted by molar-refractivity contribution is 0.199. The smallest absolute Gasteiger partial charge is 0.119 e. The number of aliphatic hydroxyl groups excluding tert-OH is 1. The molecule has 2 aromatic rings. The zero-order valence-corrected chi connectivity index (χ0v) is 10.7. The maximum Gasteiger partial charge on any atom is 0.119 e. The number of rotatable bonds is 4. The van der Waals surface area contributed by atoms with E-state index in [-0.39, 0.29) is 0 Å². The highest BCUT2D eigenvalue weighted by atomic mass is 16.5. The Bertz CT molecular complexity index is 582. The molecule has 0 aromatic heterocycles. The predicted molar refractivity (Wildman–Crippen MR) is 72.6 cm³/mol. The van der Waals surface area contributed by atoms with E-state index in [9.17, 15) is 5.11 Å². The van der Waals surface area contributed by atoms with Crippen molar-refractivity contribution < 1.29 is 9.84 Å². The molecular weight excluding hydrogens is 238 g/mol. The second-order valence-electron chi connectivity index (χ2n) is 4.30. The molecule has 96 valence electrons. The molecule has 2 rings (SSSR count). The first kappa shape index (κ1) is 13.1. The van der Waals surface area contributed by atoms with Crippen molar-refractivity contribution in [3.05, 3.63) is 65.2 Å². The van der Waals surface area contributed by atoms with Crippen LogP contribution < -0.4 is 4.74 Å². The average molecular weight is 253 g/mol. The molecule has 0 saturated carbocycles. The van der Waals surface area contributed by atoms with Gasteiger partial charge in [0.1, 0.15) is 12.4 Å². The van der Waals surface area contributed by atoms with Gasteiger partial charge in [0.05, 0.1) is 17.7 Å². The Kier molecular flexibility index (Phi) is 4.17. The standard InChI is InChI=1S/C16H15NO2/c1-12(18)13-6-8-16(9-7-13)19-11-15-5-3-2-4-14(15)10-17/h2-9,12,18H,11H2,1H3/t12-/m0/s1. The molecule has 0 heterocycles. The van der Waals surface area contributed by atoms with Gasteiger partial charge in [-0.15, -0.1) is 0 Å². The van der Waals surface area contributed by atoms with Crippen LogP contribution in [0.4, 0.5) is 0 Å². The minimum Gasteiger partial charge on any atom is -0.489 e. The van der Waals surface area contributed by atoms with Crippen LogP contribution in [-0.4, -0.2) is 5.11 Å². The number of aliphatic hydroxyl groups is 1. The molecule has 1 N–H and O–H groups in total. The first-order chi connectivity index (χ1) is 9.20. The third-order valence-corrected chi connectivity index (χ3v) is 2.89. The highest BCUT2D eigenvalue weighted by Crippen LogP contribution is 2.19. The van der Waals surface area contributed by atoms with Crippen LogP contribution >= 0.6 is 0 Å². The number of hydrogen-bond donors (Lipinski definition) is 1. The van der Waals surface area contributed by atoms with Gasteiger partial charge in [0, 0.05) is 5.56 Å². The van der Waals surface area contributed by atoms with E-state index in [4.69, 9.17) is 10.00 Å². The molecule has 0 saturated heterocycles. The van der Waals surface area contributed by atoms with Gasteiger partial charge in [0.2, 0.25) is 0 Å². The second kappa shape index (κ2) is 6.03. The molecule has 0 aliphatic heterocycles. The number of nitriles is 1. The van der Waals surface area contributed by atoms with Gasteiger partial charge in [0.25, 0.3) is 0 Å². The Morgan fingerprint density at radius 2 is 1.84 bits per heavy atom. The number of nitrogens with zero attached hydrogens (tertiary/aromatic N) is 1. The van der Waals surface area contributed by atoms with Gasteiger partial charge in [-0.05, 0) is 30.7 Å². The van der Waals surface area contributed by atoms with E-state index in [1.165, 1.54) is 0 Å².